The normalized spacial score (nSPS) is 19.3. The van der Waals surface area contributed by atoms with E-state index in [1.165, 1.54) is 12.1 Å². The van der Waals surface area contributed by atoms with E-state index in [4.69, 9.17) is 9.47 Å². The van der Waals surface area contributed by atoms with Crippen LogP contribution in [0.2, 0.25) is 0 Å². The number of carbonyl (C=O) groups excluding carboxylic acids is 1. The summed E-state index contributed by atoms with van der Waals surface area (Å²) < 4.78 is 10.7. The number of nitrogens with zero attached hydrogens (tertiary/aromatic N) is 3. The van der Waals surface area contributed by atoms with E-state index in [1.807, 2.05) is 18.2 Å². The summed E-state index contributed by atoms with van der Waals surface area (Å²) in [5.74, 6) is 1.61. The van der Waals surface area contributed by atoms with Crippen molar-refractivity contribution in [3.63, 3.8) is 0 Å². The smallest absolute Gasteiger partial charge is 0.269 e. The standard InChI is InChI=1S/C20H21N3O5/c1-21(9-8-14-2-5-16(6-3-14)23(25)26)20(24)17-12-22(17)11-15-4-7-18-19(10-15)28-13-27-18/h2-7,10,17H,8-9,11-13H2,1H3. The molecule has 0 saturated carbocycles. The van der Waals surface area contributed by atoms with Crippen LogP contribution in [0.1, 0.15) is 11.1 Å². The minimum Gasteiger partial charge on any atom is -0.454 e. The van der Waals surface area contributed by atoms with Gasteiger partial charge in [-0.15, -0.1) is 0 Å². The number of fused-ring (bicyclic) bond motifs is 1. The lowest BCUT2D eigenvalue weighted by molar-refractivity contribution is -0.384. The zero-order chi connectivity index (χ0) is 19.7. The lowest BCUT2D eigenvalue weighted by atomic mass is 10.1. The molecule has 0 bridgehead atoms. The Bertz CT molecular complexity index is 899. The van der Waals surface area contributed by atoms with Gasteiger partial charge in [0.05, 0.1) is 4.92 Å². The maximum atomic E-state index is 12.6. The highest BCUT2D eigenvalue weighted by Crippen LogP contribution is 2.34. The number of amides is 1. The van der Waals surface area contributed by atoms with E-state index in [9.17, 15) is 14.9 Å². The fraction of sp³-hybridized carbons (Fsp3) is 0.350. The largest absolute Gasteiger partial charge is 0.454 e. The summed E-state index contributed by atoms with van der Waals surface area (Å²) in [7, 11) is 1.80. The van der Waals surface area contributed by atoms with Gasteiger partial charge in [0.2, 0.25) is 12.7 Å². The first-order chi connectivity index (χ1) is 13.5. The van der Waals surface area contributed by atoms with Gasteiger partial charge < -0.3 is 14.4 Å². The molecule has 2 unspecified atom stereocenters. The molecule has 0 aromatic heterocycles. The molecule has 0 aliphatic carbocycles. The number of nitro groups is 1. The van der Waals surface area contributed by atoms with Crippen LogP contribution >= 0.6 is 0 Å². The van der Waals surface area contributed by atoms with Gasteiger partial charge in [-0.3, -0.25) is 19.8 Å². The van der Waals surface area contributed by atoms with Crippen molar-refractivity contribution in [2.24, 2.45) is 0 Å². The van der Waals surface area contributed by atoms with Crippen molar-refractivity contribution in [2.75, 3.05) is 26.9 Å². The van der Waals surface area contributed by atoms with Gasteiger partial charge in [0.1, 0.15) is 6.04 Å². The fourth-order valence-corrected chi connectivity index (χ4v) is 3.30. The van der Waals surface area contributed by atoms with Gasteiger partial charge in [-0.2, -0.15) is 0 Å². The second-order valence-corrected chi connectivity index (χ2v) is 7.07. The van der Waals surface area contributed by atoms with E-state index in [0.29, 0.717) is 19.5 Å². The number of hydrogen-bond donors (Lipinski definition) is 0. The summed E-state index contributed by atoms with van der Waals surface area (Å²) in [6.45, 7) is 2.27. The molecule has 8 nitrogen and oxygen atoms in total. The Balaban J connectivity index is 1.26. The van der Waals surface area contributed by atoms with Gasteiger partial charge in [0.15, 0.2) is 11.5 Å². The van der Waals surface area contributed by atoms with Gasteiger partial charge in [0.25, 0.3) is 5.69 Å². The van der Waals surface area contributed by atoms with Crippen molar-refractivity contribution in [3.8, 4) is 11.5 Å². The van der Waals surface area contributed by atoms with Crippen LogP contribution in [0, 0.1) is 10.1 Å². The van der Waals surface area contributed by atoms with Crippen LogP contribution < -0.4 is 9.47 Å². The average molecular weight is 383 g/mol. The quantitative estimate of drug-likeness (QED) is 0.414. The summed E-state index contributed by atoms with van der Waals surface area (Å²) in [6.07, 6.45) is 0.662. The highest BCUT2D eigenvalue weighted by atomic mass is 16.7. The Morgan fingerprint density at radius 2 is 1.89 bits per heavy atom. The number of likely N-dealkylation sites (N-methyl/N-ethyl adjacent to an activating group) is 1. The predicted molar refractivity (Wildman–Crippen MR) is 101 cm³/mol. The third kappa shape index (κ3) is 3.91. The summed E-state index contributed by atoms with van der Waals surface area (Å²) >= 11 is 0. The van der Waals surface area contributed by atoms with E-state index in [0.717, 1.165) is 29.2 Å². The number of nitro benzene ring substituents is 1. The molecule has 2 atom stereocenters. The zero-order valence-electron chi connectivity index (χ0n) is 15.5. The molecular weight excluding hydrogens is 362 g/mol. The topological polar surface area (TPSA) is 84.9 Å². The van der Waals surface area contributed by atoms with Crippen LogP contribution in [-0.2, 0) is 17.8 Å². The van der Waals surface area contributed by atoms with E-state index < -0.39 is 4.92 Å². The van der Waals surface area contributed by atoms with Crippen molar-refractivity contribution < 1.29 is 19.2 Å². The Morgan fingerprint density at radius 1 is 1.18 bits per heavy atom. The first-order valence-electron chi connectivity index (χ1n) is 9.12. The molecule has 2 aromatic carbocycles. The van der Waals surface area contributed by atoms with Gasteiger partial charge in [-0.1, -0.05) is 18.2 Å². The molecule has 1 amide bonds. The van der Waals surface area contributed by atoms with Crippen molar-refractivity contribution in [2.45, 2.75) is 19.0 Å². The fourth-order valence-electron chi connectivity index (χ4n) is 3.30. The Morgan fingerprint density at radius 3 is 2.64 bits per heavy atom. The van der Waals surface area contributed by atoms with Crippen LogP contribution in [0.3, 0.4) is 0 Å². The molecule has 2 aliphatic rings. The third-order valence-corrected chi connectivity index (χ3v) is 5.08. The van der Waals surface area contributed by atoms with Crippen LogP contribution in [0.4, 0.5) is 5.69 Å². The molecule has 4 rings (SSSR count). The summed E-state index contributed by atoms with van der Waals surface area (Å²) in [5, 5.41) is 10.7. The van der Waals surface area contributed by atoms with Crippen molar-refractivity contribution in [3.05, 3.63) is 63.7 Å². The minimum atomic E-state index is -0.415. The minimum absolute atomic E-state index is 0.0744. The van der Waals surface area contributed by atoms with E-state index in [-0.39, 0.29) is 24.4 Å². The predicted octanol–water partition coefficient (Wildman–Crippen LogP) is 2.21. The van der Waals surface area contributed by atoms with Crippen LogP contribution in [0.25, 0.3) is 0 Å². The molecular formula is C20H21N3O5. The van der Waals surface area contributed by atoms with Gasteiger partial charge in [-0.05, 0) is 29.7 Å². The summed E-state index contributed by atoms with van der Waals surface area (Å²) in [4.78, 5) is 26.7. The van der Waals surface area contributed by atoms with Gasteiger partial charge in [0, 0.05) is 38.8 Å². The Labute approximate surface area is 162 Å². The zero-order valence-corrected chi connectivity index (χ0v) is 15.5. The first kappa shape index (κ1) is 18.2. The molecule has 2 heterocycles. The molecule has 1 saturated heterocycles. The molecule has 1 fully saturated rings. The molecule has 146 valence electrons. The number of carbonyl (C=O) groups is 1. The van der Waals surface area contributed by atoms with Gasteiger partial charge >= 0.3 is 0 Å². The van der Waals surface area contributed by atoms with Crippen molar-refractivity contribution in [1.29, 1.82) is 0 Å². The van der Waals surface area contributed by atoms with Gasteiger partial charge in [-0.25, -0.2) is 0 Å². The van der Waals surface area contributed by atoms with Crippen LogP contribution in [-0.4, -0.2) is 53.6 Å². The maximum Gasteiger partial charge on any atom is 0.269 e. The van der Waals surface area contributed by atoms with E-state index >= 15 is 0 Å². The lowest BCUT2D eigenvalue weighted by Crippen LogP contribution is -2.34. The Hall–Kier alpha value is -3.13. The molecule has 0 N–H and O–H groups in total. The number of hydrogen-bond acceptors (Lipinski definition) is 6. The number of benzene rings is 2. The number of rotatable bonds is 7. The summed E-state index contributed by atoms with van der Waals surface area (Å²) in [6, 6.07) is 12.2. The molecule has 0 radical (unpaired) electrons. The highest BCUT2D eigenvalue weighted by molar-refractivity contribution is 5.84. The first-order valence-corrected chi connectivity index (χ1v) is 9.12. The van der Waals surface area contributed by atoms with E-state index in [2.05, 4.69) is 4.90 Å². The third-order valence-electron chi connectivity index (χ3n) is 5.08. The van der Waals surface area contributed by atoms with Crippen LogP contribution in [0.15, 0.2) is 42.5 Å². The van der Waals surface area contributed by atoms with Crippen LogP contribution in [0.5, 0.6) is 11.5 Å². The monoisotopic (exact) mass is 383 g/mol. The second-order valence-electron chi connectivity index (χ2n) is 7.07. The maximum absolute atomic E-state index is 12.6. The average Bonchev–Trinajstić information content (AvgIpc) is 3.30. The highest BCUT2D eigenvalue weighted by Gasteiger charge is 2.41. The van der Waals surface area contributed by atoms with E-state index in [1.54, 1.807) is 24.1 Å². The molecule has 2 aliphatic heterocycles. The van der Waals surface area contributed by atoms with Crippen molar-refractivity contribution >= 4 is 11.6 Å². The molecule has 2 aromatic rings. The molecule has 0 spiro atoms. The Kier molecular flexibility index (Phi) is 4.87. The number of non-ortho nitro benzene ring substituents is 1. The molecule has 28 heavy (non-hydrogen) atoms. The molecule has 8 heteroatoms. The SMILES string of the molecule is CN(CCc1ccc([N+](=O)[O-])cc1)C(=O)C1CN1Cc1ccc2c(c1)OCO2. The lowest BCUT2D eigenvalue weighted by Gasteiger charge is -2.17. The summed E-state index contributed by atoms with van der Waals surface area (Å²) in [5.41, 5.74) is 2.14. The second kappa shape index (κ2) is 7.47. The van der Waals surface area contributed by atoms with Crippen molar-refractivity contribution in [1.82, 2.24) is 9.80 Å². The number of ether oxygens (including phenoxy) is 2.